The Morgan fingerprint density at radius 3 is 2.17 bits per heavy atom. The second-order valence-corrected chi connectivity index (χ2v) is 7.33. The third-order valence-corrected chi connectivity index (χ3v) is 4.78. The van der Waals surface area contributed by atoms with Gasteiger partial charge in [-0.2, -0.15) is 14.0 Å². The van der Waals surface area contributed by atoms with Crippen LogP contribution in [0.3, 0.4) is 0 Å². The lowest BCUT2D eigenvalue weighted by Gasteiger charge is -2.14. The molecule has 0 saturated carbocycles. The Labute approximate surface area is 210 Å². The molecule has 1 aromatic heterocycles. The van der Waals surface area contributed by atoms with Crippen molar-refractivity contribution in [1.82, 2.24) is 4.98 Å². The SMILES string of the molecule is COc1cc2c(Nc3ccc(Oc4ccccc4OC)cc3)c(C#N)cnc2cc1OF.FC(F)S. The highest BCUT2D eigenvalue weighted by Gasteiger charge is 2.15. The first-order valence-electron chi connectivity index (χ1n) is 10.2. The highest BCUT2D eigenvalue weighted by Crippen LogP contribution is 2.38. The number of benzene rings is 3. The number of nitriles is 1. The molecule has 0 aliphatic rings. The van der Waals surface area contributed by atoms with Crippen molar-refractivity contribution in [3.8, 4) is 34.8 Å². The van der Waals surface area contributed by atoms with Gasteiger partial charge >= 0.3 is 0 Å². The maximum atomic E-state index is 12.8. The number of nitrogens with zero attached hydrogens (tertiary/aromatic N) is 2. The van der Waals surface area contributed by atoms with Gasteiger partial charge in [-0.1, -0.05) is 12.1 Å². The van der Waals surface area contributed by atoms with Gasteiger partial charge in [-0.25, -0.2) is 0 Å². The van der Waals surface area contributed by atoms with E-state index in [1.807, 2.05) is 36.4 Å². The summed E-state index contributed by atoms with van der Waals surface area (Å²) >= 11 is 2.63. The fourth-order valence-corrected chi connectivity index (χ4v) is 3.22. The normalized spacial score (nSPS) is 10.2. The molecule has 4 rings (SSSR count). The van der Waals surface area contributed by atoms with Crippen LogP contribution in [-0.4, -0.2) is 25.0 Å². The fraction of sp³-hybridized carbons (Fsp3) is 0.120. The van der Waals surface area contributed by atoms with Crippen molar-refractivity contribution in [2.45, 2.75) is 5.76 Å². The van der Waals surface area contributed by atoms with Crippen LogP contribution in [0.1, 0.15) is 5.56 Å². The third kappa shape index (κ3) is 6.43. The van der Waals surface area contributed by atoms with Crippen LogP contribution in [0.25, 0.3) is 10.9 Å². The molecule has 0 fully saturated rings. The van der Waals surface area contributed by atoms with E-state index in [9.17, 15) is 18.6 Å². The lowest BCUT2D eigenvalue weighted by atomic mass is 10.1. The average molecular weight is 516 g/mol. The summed E-state index contributed by atoms with van der Waals surface area (Å²) in [4.78, 5) is 8.08. The van der Waals surface area contributed by atoms with Crippen LogP contribution < -0.4 is 24.5 Å². The summed E-state index contributed by atoms with van der Waals surface area (Å²) in [5.41, 5.74) is 1.99. The van der Waals surface area contributed by atoms with Gasteiger partial charge in [0.05, 0.1) is 31.0 Å². The molecule has 0 aliphatic carbocycles. The standard InChI is InChI=1S/C24H18FN3O4.CH2F2S/c1-29-20-5-3-4-6-21(20)31-17-9-7-16(8-10-17)28-24-15(13-26)14-27-19-12-23(32-25)22(30-2)11-18(19)24;2-1(3)4/h3-12,14H,1-2H3,(H,27,28);1,4H. The van der Waals surface area contributed by atoms with Crippen LogP contribution in [0.4, 0.5) is 24.7 Å². The number of hydrogen-bond donors (Lipinski definition) is 2. The molecule has 0 spiro atoms. The van der Waals surface area contributed by atoms with Crippen molar-refractivity contribution < 1.29 is 32.5 Å². The highest BCUT2D eigenvalue weighted by molar-refractivity contribution is 7.80. The molecule has 0 atom stereocenters. The van der Waals surface area contributed by atoms with E-state index in [2.05, 4.69) is 33.9 Å². The van der Waals surface area contributed by atoms with Crippen LogP contribution in [-0.2, 0) is 0 Å². The van der Waals surface area contributed by atoms with Crippen molar-refractivity contribution in [2.75, 3.05) is 19.5 Å². The zero-order valence-corrected chi connectivity index (χ0v) is 19.9. The van der Waals surface area contributed by atoms with E-state index in [0.29, 0.717) is 45.1 Å². The number of thiol groups is 1. The lowest BCUT2D eigenvalue weighted by molar-refractivity contribution is -0.00879. The number of rotatable bonds is 7. The molecule has 7 nitrogen and oxygen atoms in total. The number of hydrogen-bond acceptors (Lipinski definition) is 8. The Kier molecular flexibility index (Phi) is 9.07. The van der Waals surface area contributed by atoms with Gasteiger partial charge in [0, 0.05) is 27.9 Å². The number of ether oxygens (including phenoxy) is 3. The van der Waals surface area contributed by atoms with E-state index in [-0.39, 0.29) is 11.5 Å². The van der Waals surface area contributed by atoms with E-state index >= 15 is 0 Å². The molecule has 0 unspecified atom stereocenters. The first kappa shape index (κ1) is 26.3. The third-order valence-electron chi connectivity index (χ3n) is 4.78. The fourth-order valence-electron chi connectivity index (χ4n) is 3.22. The maximum absolute atomic E-state index is 12.8. The van der Waals surface area contributed by atoms with Crippen molar-refractivity contribution in [3.63, 3.8) is 0 Å². The number of alkyl halides is 2. The minimum atomic E-state index is -2.47. The van der Waals surface area contributed by atoms with Crippen LogP contribution in [0, 0.1) is 11.3 Å². The summed E-state index contributed by atoms with van der Waals surface area (Å²) in [5.74, 6) is -0.546. The first-order chi connectivity index (χ1) is 17.4. The summed E-state index contributed by atoms with van der Waals surface area (Å²) in [6, 6.07) is 19.7. The molecule has 186 valence electrons. The smallest absolute Gasteiger partial charge is 0.281 e. The van der Waals surface area contributed by atoms with Crippen LogP contribution >= 0.6 is 12.6 Å². The second kappa shape index (κ2) is 12.4. The van der Waals surface area contributed by atoms with Crippen LogP contribution in [0.2, 0.25) is 0 Å². The van der Waals surface area contributed by atoms with Gasteiger partial charge in [-0.05, 0) is 42.5 Å². The highest BCUT2D eigenvalue weighted by atomic mass is 32.1. The number of halogens is 3. The Hall–Kier alpha value is -4.30. The van der Waals surface area contributed by atoms with Gasteiger partial charge < -0.3 is 19.5 Å². The molecular weight excluding hydrogens is 495 g/mol. The molecule has 1 heterocycles. The number of para-hydroxylation sites is 2. The molecule has 3 aromatic carbocycles. The van der Waals surface area contributed by atoms with Crippen LogP contribution in [0.15, 0.2) is 66.9 Å². The van der Waals surface area contributed by atoms with E-state index in [4.69, 9.17) is 14.2 Å². The van der Waals surface area contributed by atoms with Gasteiger partial charge in [0.1, 0.15) is 11.8 Å². The Morgan fingerprint density at radius 1 is 0.944 bits per heavy atom. The number of nitrogens with one attached hydrogen (secondary N) is 1. The summed E-state index contributed by atoms with van der Waals surface area (Å²) < 4.78 is 49.6. The molecule has 0 aliphatic heterocycles. The lowest BCUT2D eigenvalue weighted by Crippen LogP contribution is -1.98. The minimum Gasteiger partial charge on any atom is -0.493 e. The maximum Gasteiger partial charge on any atom is 0.281 e. The van der Waals surface area contributed by atoms with E-state index in [0.717, 1.165) is 0 Å². The van der Waals surface area contributed by atoms with Gasteiger partial charge in [-0.3, -0.25) is 9.93 Å². The largest absolute Gasteiger partial charge is 0.493 e. The zero-order valence-electron chi connectivity index (χ0n) is 19.0. The first-order valence-corrected chi connectivity index (χ1v) is 10.7. The number of pyridine rings is 1. The predicted octanol–water partition coefficient (Wildman–Crippen LogP) is 7.06. The Balaban J connectivity index is 0.000000840. The Bertz CT molecular complexity index is 1360. The number of aromatic nitrogens is 1. The van der Waals surface area contributed by atoms with Gasteiger partial charge in [-0.15, -0.1) is 12.6 Å². The summed E-state index contributed by atoms with van der Waals surface area (Å²) in [6.07, 6.45) is 1.41. The molecule has 1 N–H and O–H groups in total. The monoisotopic (exact) mass is 515 g/mol. The summed E-state index contributed by atoms with van der Waals surface area (Å²) in [6.45, 7) is 0. The molecular formula is C25H20F3N3O4S. The molecule has 11 heteroatoms. The van der Waals surface area contributed by atoms with Gasteiger partial charge in [0.2, 0.25) is 5.75 Å². The van der Waals surface area contributed by atoms with E-state index in [1.54, 1.807) is 25.3 Å². The van der Waals surface area contributed by atoms with E-state index in [1.165, 1.54) is 19.4 Å². The van der Waals surface area contributed by atoms with Crippen LogP contribution in [0.5, 0.6) is 28.7 Å². The zero-order chi connectivity index (χ0) is 26.1. The van der Waals surface area contributed by atoms with Crippen molar-refractivity contribution >= 4 is 34.9 Å². The molecule has 4 aromatic rings. The number of anilines is 2. The Morgan fingerprint density at radius 2 is 1.58 bits per heavy atom. The van der Waals surface area contributed by atoms with Crippen molar-refractivity contribution in [1.29, 1.82) is 5.26 Å². The van der Waals surface area contributed by atoms with Gasteiger partial charge in [0.15, 0.2) is 17.2 Å². The van der Waals surface area contributed by atoms with Crippen molar-refractivity contribution in [3.05, 3.63) is 72.4 Å². The number of fused-ring (bicyclic) bond motifs is 1. The van der Waals surface area contributed by atoms with Crippen molar-refractivity contribution in [2.24, 2.45) is 0 Å². The molecule has 0 radical (unpaired) electrons. The minimum absolute atomic E-state index is 0.0963. The van der Waals surface area contributed by atoms with Gasteiger partial charge in [0.25, 0.3) is 5.76 Å². The predicted molar refractivity (Wildman–Crippen MR) is 133 cm³/mol. The molecule has 0 amide bonds. The molecule has 0 saturated heterocycles. The second-order valence-electron chi connectivity index (χ2n) is 6.94. The number of methoxy groups -OCH3 is 2. The summed E-state index contributed by atoms with van der Waals surface area (Å²) in [7, 11) is 2.98. The quantitative estimate of drug-likeness (QED) is 0.255. The average Bonchev–Trinajstić information content (AvgIpc) is 2.89. The van der Waals surface area contributed by atoms with E-state index < -0.39 is 5.76 Å². The summed E-state index contributed by atoms with van der Waals surface area (Å²) in [5, 5.41) is 13.4. The molecule has 36 heavy (non-hydrogen) atoms. The topological polar surface area (TPSA) is 85.6 Å². The molecule has 0 bridgehead atoms.